The summed E-state index contributed by atoms with van der Waals surface area (Å²) in [5, 5.41) is 0. The zero-order valence-electron chi connectivity index (χ0n) is 8.27. The summed E-state index contributed by atoms with van der Waals surface area (Å²) in [5.41, 5.74) is 2.05. The first-order chi connectivity index (χ1) is 7.29. The lowest BCUT2D eigenvalue weighted by atomic mass is 10.1. The van der Waals surface area contributed by atoms with Crippen molar-refractivity contribution in [1.29, 1.82) is 0 Å². The van der Waals surface area contributed by atoms with Gasteiger partial charge in [-0.25, -0.2) is 0 Å². The Morgan fingerprint density at radius 1 is 1.07 bits per heavy atom. The van der Waals surface area contributed by atoms with Crippen LogP contribution in [-0.2, 0) is 0 Å². The van der Waals surface area contributed by atoms with E-state index in [1.54, 1.807) is 13.3 Å². The zero-order valence-corrected chi connectivity index (χ0v) is 9.86. The van der Waals surface area contributed by atoms with Crippen LogP contribution < -0.4 is 4.74 Å². The maximum atomic E-state index is 5.10. The van der Waals surface area contributed by atoms with E-state index in [1.807, 2.05) is 36.4 Å². The lowest BCUT2D eigenvalue weighted by molar-refractivity contribution is 0.415. The number of pyridine rings is 1. The molecule has 15 heavy (non-hydrogen) atoms. The minimum atomic E-state index is 0.857. The second-order valence-electron chi connectivity index (χ2n) is 3.09. The third-order valence-electron chi connectivity index (χ3n) is 2.11. The molecule has 0 atom stereocenters. The molecule has 0 saturated heterocycles. The summed E-state index contributed by atoms with van der Waals surface area (Å²) in [7, 11) is 1.66. The quantitative estimate of drug-likeness (QED) is 0.827. The molecule has 2 aromatic rings. The number of methoxy groups -OCH3 is 1. The van der Waals surface area contributed by atoms with Gasteiger partial charge in [-0.2, -0.15) is 0 Å². The van der Waals surface area contributed by atoms with Crippen LogP contribution >= 0.6 is 15.9 Å². The zero-order chi connectivity index (χ0) is 10.7. The van der Waals surface area contributed by atoms with Gasteiger partial charge in [0.15, 0.2) is 0 Å². The molecule has 1 aromatic carbocycles. The van der Waals surface area contributed by atoms with Gasteiger partial charge in [0.2, 0.25) is 0 Å². The molecule has 1 aromatic heterocycles. The first-order valence-electron chi connectivity index (χ1n) is 4.55. The third kappa shape index (κ3) is 2.36. The Morgan fingerprint density at radius 3 is 2.33 bits per heavy atom. The molecule has 3 heteroatoms. The molecule has 76 valence electrons. The van der Waals surface area contributed by atoms with E-state index in [4.69, 9.17) is 4.74 Å². The van der Waals surface area contributed by atoms with Gasteiger partial charge >= 0.3 is 0 Å². The molecule has 2 rings (SSSR count). The van der Waals surface area contributed by atoms with Crippen LogP contribution in [0, 0.1) is 0 Å². The number of ether oxygens (including phenoxy) is 1. The molecule has 1 heterocycles. The molecule has 0 bridgehead atoms. The van der Waals surface area contributed by atoms with Crippen molar-refractivity contribution in [2.45, 2.75) is 0 Å². The molecule has 0 aliphatic heterocycles. The second kappa shape index (κ2) is 4.45. The Hall–Kier alpha value is -1.35. The highest BCUT2D eigenvalue weighted by molar-refractivity contribution is 9.10. The molecule has 0 saturated carbocycles. The summed E-state index contributed by atoms with van der Waals surface area (Å²) in [4.78, 5) is 4.32. The van der Waals surface area contributed by atoms with Crippen LogP contribution in [0.3, 0.4) is 0 Å². The molecular weight excluding hydrogens is 254 g/mol. The predicted octanol–water partition coefficient (Wildman–Crippen LogP) is 3.52. The van der Waals surface area contributed by atoms with Crippen molar-refractivity contribution in [2.24, 2.45) is 0 Å². The highest BCUT2D eigenvalue weighted by Gasteiger charge is 1.98. The SMILES string of the molecule is COc1ccc(-c2ccc(Br)cn2)cc1. The highest BCUT2D eigenvalue weighted by Crippen LogP contribution is 2.21. The van der Waals surface area contributed by atoms with Crippen LogP contribution in [0.1, 0.15) is 0 Å². The average Bonchev–Trinajstić information content (AvgIpc) is 2.30. The van der Waals surface area contributed by atoms with E-state index >= 15 is 0 Å². The van der Waals surface area contributed by atoms with E-state index in [9.17, 15) is 0 Å². The Bertz CT molecular complexity index is 436. The van der Waals surface area contributed by atoms with Crippen LogP contribution in [0.25, 0.3) is 11.3 Å². The fourth-order valence-electron chi connectivity index (χ4n) is 1.31. The summed E-state index contributed by atoms with van der Waals surface area (Å²) < 4.78 is 6.08. The first kappa shape index (κ1) is 10.2. The van der Waals surface area contributed by atoms with Gasteiger partial charge in [-0.05, 0) is 52.3 Å². The van der Waals surface area contributed by atoms with E-state index in [0.717, 1.165) is 21.5 Å². The van der Waals surface area contributed by atoms with Crippen LogP contribution in [-0.4, -0.2) is 12.1 Å². The van der Waals surface area contributed by atoms with Crippen LogP contribution in [0.5, 0.6) is 5.75 Å². The van der Waals surface area contributed by atoms with Crippen molar-refractivity contribution in [1.82, 2.24) is 4.98 Å². The Kier molecular flexibility index (Phi) is 3.02. The normalized spacial score (nSPS) is 10.0. The maximum Gasteiger partial charge on any atom is 0.118 e. The first-order valence-corrected chi connectivity index (χ1v) is 5.35. The van der Waals surface area contributed by atoms with Gasteiger partial charge in [0, 0.05) is 16.2 Å². The second-order valence-corrected chi connectivity index (χ2v) is 4.01. The van der Waals surface area contributed by atoms with E-state index in [2.05, 4.69) is 20.9 Å². The summed E-state index contributed by atoms with van der Waals surface area (Å²) in [6, 6.07) is 11.8. The minimum absolute atomic E-state index is 0.857. The maximum absolute atomic E-state index is 5.10. The summed E-state index contributed by atoms with van der Waals surface area (Å²) in [6.45, 7) is 0. The van der Waals surface area contributed by atoms with Gasteiger partial charge in [0.25, 0.3) is 0 Å². The number of aromatic nitrogens is 1. The minimum Gasteiger partial charge on any atom is -0.497 e. The van der Waals surface area contributed by atoms with E-state index in [1.165, 1.54) is 0 Å². The summed E-state index contributed by atoms with van der Waals surface area (Å²) >= 11 is 3.36. The van der Waals surface area contributed by atoms with Crippen molar-refractivity contribution in [2.75, 3.05) is 7.11 Å². The molecule has 0 aliphatic carbocycles. The number of benzene rings is 1. The van der Waals surface area contributed by atoms with Crippen molar-refractivity contribution in [3.05, 3.63) is 47.1 Å². The number of nitrogens with zero attached hydrogens (tertiary/aromatic N) is 1. The predicted molar refractivity (Wildman–Crippen MR) is 63.9 cm³/mol. The monoisotopic (exact) mass is 263 g/mol. The fraction of sp³-hybridized carbons (Fsp3) is 0.0833. The molecule has 2 nitrogen and oxygen atoms in total. The topological polar surface area (TPSA) is 22.1 Å². The smallest absolute Gasteiger partial charge is 0.118 e. The Morgan fingerprint density at radius 2 is 1.80 bits per heavy atom. The van der Waals surface area contributed by atoms with Gasteiger partial charge < -0.3 is 4.74 Å². The molecule has 0 amide bonds. The number of rotatable bonds is 2. The molecule has 0 fully saturated rings. The van der Waals surface area contributed by atoms with Gasteiger partial charge in [-0.3, -0.25) is 4.98 Å². The van der Waals surface area contributed by atoms with Crippen molar-refractivity contribution < 1.29 is 4.74 Å². The van der Waals surface area contributed by atoms with E-state index in [-0.39, 0.29) is 0 Å². The van der Waals surface area contributed by atoms with Crippen LogP contribution in [0.15, 0.2) is 47.1 Å². The van der Waals surface area contributed by atoms with E-state index in [0.29, 0.717) is 0 Å². The molecule has 0 N–H and O–H groups in total. The van der Waals surface area contributed by atoms with Crippen LogP contribution in [0.4, 0.5) is 0 Å². The average molecular weight is 264 g/mol. The van der Waals surface area contributed by atoms with Gasteiger partial charge in [-0.15, -0.1) is 0 Å². The largest absolute Gasteiger partial charge is 0.497 e. The highest BCUT2D eigenvalue weighted by atomic mass is 79.9. The van der Waals surface area contributed by atoms with Gasteiger partial charge in [0.05, 0.1) is 12.8 Å². The van der Waals surface area contributed by atoms with E-state index < -0.39 is 0 Å². The summed E-state index contributed by atoms with van der Waals surface area (Å²) in [6.07, 6.45) is 1.79. The molecule has 0 unspecified atom stereocenters. The Balaban J connectivity index is 2.33. The lowest BCUT2D eigenvalue weighted by Crippen LogP contribution is -1.84. The fourth-order valence-corrected chi connectivity index (χ4v) is 1.54. The van der Waals surface area contributed by atoms with Crippen LogP contribution in [0.2, 0.25) is 0 Å². The molecule has 0 aliphatic rings. The lowest BCUT2D eigenvalue weighted by Gasteiger charge is -2.02. The molecule has 0 radical (unpaired) electrons. The number of halogens is 1. The van der Waals surface area contributed by atoms with Crippen molar-refractivity contribution in [3.63, 3.8) is 0 Å². The molecule has 0 spiro atoms. The molecular formula is C12H10BrNO. The van der Waals surface area contributed by atoms with Crippen molar-refractivity contribution in [3.8, 4) is 17.0 Å². The van der Waals surface area contributed by atoms with Gasteiger partial charge in [0.1, 0.15) is 5.75 Å². The Labute approximate surface area is 97.1 Å². The summed E-state index contributed by atoms with van der Waals surface area (Å²) in [5.74, 6) is 0.857. The number of hydrogen-bond donors (Lipinski definition) is 0. The van der Waals surface area contributed by atoms with Gasteiger partial charge in [-0.1, -0.05) is 0 Å². The number of hydrogen-bond acceptors (Lipinski definition) is 2. The standard InChI is InChI=1S/C12H10BrNO/c1-15-11-5-2-9(3-6-11)12-7-4-10(13)8-14-12/h2-8H,1H3. The van der Waals surface area contributed by atoms with Crippen molar-refractivity contribution >= 4 is 15.9 Å². The third-order valence-corrected chi connectivity index (χ3v) is 2.58.